The number of nitrogens with one attached hydrogen (secondary N) is 1. The van der Waals surface area contributed by atoms with Crippen LogP contribution in [0.1, 0.15) is 29.4 Å². The minimum atomic E-state index is -2.33. The zero-order valence-electron chi connectivity index (χ0n) is 15.9. The zero-order valence-corrected chi connectivity index (χ0v) is 15.9. The predicted octanol–water partition coefficient (Wildman–Crippen LogP) is 3.04. The molecule has 1 amide bonds. The third kappa shape index (κ3) is 3.11. The molecule has 4 rings (SSSR count). The van der Waals surface area contributed by atoms with Crippen LogP contribution in [0.5, 0.6) is 0 Å². The lowest BCUT2D eigenvalue weighted by Gasteiger charge is -2.43. The lowest BCUT2D eigenvalue weighted by molar-refractivity contribution is 0.0234. The van der Waals surface area contributed by atoms with E-state index in [1.54, 1.807) is 0 Å². The Kier molecular flexibility index (Phi) is 4.57. The van der Waals surface area contributed by atoms with Crippen molar-refractivity contribution in [1.29, 1.82) is 0 Å². The Labute approximate surface area is 169 Å². The fraction of sp³-hybridized carbons (Fsp3) is 0.350. The predicted molar refractivity (Wildman–Crippen MR) is 101 cm³/mol. The number of amides is 1. The largest absolute Gasteiger partial charge is 0.385 e. The van der Waals surface area contributed by atoms with Crippen LogP contribution in [-0.4, -0.2) is 41.3 Å². The van der Waals surface area contributed by atoms with Gasteiger partial charge in [0.25, 0.3) is 5.91 Å². The Hall–Kier alpha value is -3.01. The SMILES string of the molecule is C[C@]1(F)C[C@]2(F)COC[C@]2(c2cc(NC(=O)c3ccc(F)cn3)ccc2F)N=C1N. The van der Waals surface area contributed by atoms with Crippen LogP contribution in [0.15, 0.2) is 41.5 Å². The number of aromatic nitrogens is 1. The van der Waals surface area contributed by atoms with Gasteiger partial charge < -0.3 is 15.8 Å². The lowest BCUT2D eigenvalue weighted by atomic mass is 9.70. The highest BCUT2D eigenvalue weighted by Crippen LogP contribution is 2.53. The van der Waals surface area contributed by atoms with Crippen LogP contribution in [0.2, 0.25) is 0 Å². The monoisotopic (exact) mass is 422 g/mol. The van der Waals surface area contributed by atoms with Crippen LogP contribution in [0.3, 0.4) is 0 Å². The third-order valence-electron chi connectivity index (χ3n) is 5.47. The number of nitrogens with two attached hydrogens (primary N) is 1. The van der Waals surface area contributed by atoms with Gasteiger partial charge in [0.1, 0.15) is 23.2 Å². The molecule has 0 spiro atoms. The summed E-state index contributed by atoms with van der Waals surface area (Å²) in [6, 6.07) is 5.75. The van der Waals surface area contributed by atoms with Gasteiger partial charge in [-0.05, 0) is 37.3 Å². The maximum Gasteiger partial charge on any atom is 0.274 e. The summed E-state index contributed by atoms with van der Waals surface area (Å²) in [5.41, 5.74) is -0.866. The van der Waals surface area contributed by atoms with Gasteiger partial charge in [0.2, 0.25) is 0 Å². The number of rotatable bonds is 3. The van der Waals surface area contributed by atoms with Crippen LogP contribution < -0.4 is 11.1 Å². The van der Waals surface area contributed by atoms with E-state index in [2.05, 4.69) is 15.3 Å². The summed E-state index contributed by atoms with van der Waals surface area (Å²) in [6.07, 6.45) is 0.232. The van der Waals surface area contributed by atoms with Crippen molar-refractivity contribution < 1.29 is 27.1 Å². The van der Waals surface area contributed by atoms with E-state index in [0.717, 1.165) is 25.3 Å². The van der Waals surface area contributed by atoms with E-state index in [0.29, 0.717) is 0 Å². The quantitative estimate of drug-likeness (QED) is 0.745. The molecule has 1 aromatic carbocycles. The van der Waals surface area contributed by atoms with Crippen LogP contribution in [0.4, 0.5) is 23.2 Å². The molecule has 2 aliphatic rings. The van der Waals surface area contributed by atoms with Crippen LogP contribution in [0.25, 0.3) is 0 Å². The first-order valence-corrected chi connectivity index (χ1v) is 9.11. The first-order valence-electron chi connectivity index (χ1n) is 9.11. The Bertz CT molecular complexity index is 1040. The Morgan fingerprint density at radius 3 is 2.67 bits per heavy atom. The summed E-state index contributed by atoms with van der Waals surface area (Å²) < 4.78 is 63.5. The molecule has 2 aromatic rings. The van der Waals surface area contributed by atoms with E-state index >= 15 is 4.39 Å². The molecule has 2 aliphatic heterocycles. The van der Waals surface area contributed by atoms with Crippen molar-refractivity contribution in [3.8, 4) is 0 Å². The Balaban J connectivity index is 1.74. The van der Waals surface area contributed by atoms with Gasteiger partial charge in [-0.1, -0.05) is 0 Å². The first-order chi connectivity index (χ1) is 14.1. The number of ether oxygens (including phenoxy) is 1. The smallest absolute Gasteiger partial charge is 0.274 e. The summed E-state index contributed by atoms with van der Waals surface area (Å²) in [5, 5.41) is 2.49. The van der Waals surface area contributed by atoms with Crippen molar-refractivity contribution in [2.24, 2.45) is 10.7 Å². The number of aliphatic imine (C=N–C) groups is 1. The van der Waals surface area contributed by atoms with Crippen LogP contribution in [0, 0.1) is 11.6 Å². The first kappa shape index (κ1) is 20.3. The number of carbonyl (C=O) groups is 1. The van der Waals surface area contributed by atoms with Crippen molar-refractivity contribution in [2.45, 2.75) is 30.2 Å². The molecule has 1 aromatic heterocycles. The second-order valence-electron chi connectivity index (χ2n) is 7.70. The minimum Gasteiger partial charge on any atom is -0.385 e. The fourth-order valence-corrected chi connectivity index (χ4v) is 3.88. The van der Waals surface area contributed by atoms with Gasteiger partial charge in [-0.15, -0.1) is 0 Å². The highest BCUT2D eigenvalue weighted by atomic mass is 19.2. The van der Waals surface area contributed by atoms with E-state index < -0.39 is 53.3 Å². The molecule has 3 atom stereocenters. The summed E-state index contributed by atoms with van der Waals surface area (Å²) in [6.45, 7) is 0.297. The molecule has 0 bridgehead atoms. The molecule has 1 fully saturated rings. The lowest BCUT2D eigenvalue weighted by Crippen LogP contribution is -2.58. The van der Waals surface area contributed by atoms with Crippen molar-refractivity contribution >= 4 is 17.4 Å². The van der Waals surface area contributed by atoms with E-state index in [1.165, 1.54) is 18.2 Å². The van der Waals surface area contributed by atoms with E-state index in [-0.39, 0.29) is 23.6 Å². The van der Waals surface area contributed by atoms with E-state index in [9.17, 15) is 18.0 Å². The van der Waals surface area contributed by atoms with Crippen molar-refractivity contribution in [3.63, 3.8) is 0 Å². The molecular weight excluding hydrogens is 404 g/mol. The molecule has 3 N–H and O–H groups in total. The van der Waals surface area contributed by atoms with Gasteiger partial charge in [-0.2, -0.15) is 0 Å². The van der Waals surface area contributed by atoms with Crippen LogP contribution >= 0.6 is 0 Å². The number of halogens is 4. The molecule has 10 heteroatoms. The van der Waals surface area contributed by atoms with Gasteiger partial charge in [-0.25, -0.2) is 22.5 Å². The molecule has 0 radical (unpaired) electrons. The topological polar surface area (TPSA) is 89.6 Å². The summed E-state index contributed by atoms with van der Waals surface area (Å²) in [7, 11) is 0. The van der Waals surface area contributed by atoms with E-state index in [4.69, 9.17) is 10.5 Å². The molecule has 3 heterocycles. The maximum atomic E-state index is 15.8. The average Bonchev–Trinajstić information content (AvgIpc) is 2.99. The molecule has 158 valence electrons. The number of hydrogen-bond donors (Lipinski definition) is 2. The number of pyridine rings is 1. The molecule has 0 unspecified atom stereocenters. The molecule has 1 saturated heterocycles. The van der Waals surface area contributed by atoms with Crippen molar-refractivity contribution in [1.82, 2.24) is 4.98 Å². The minimum absolute atomic E-state index is 0.0717. The molecule has 0 aliphatic carbocycles. The van der Waals surface area contributed by atoms with Gasteiger partial charge in [0.15, 0.2) is 16.9 Å². The number of fused-ring (bicyclic) bond motifs is 1. The van der Waals surface area contributed by atoms with E-state index in [1.807, 2.05) is 0 Å². The second-order valence-corrected chi connectivity index (χ2v) is 7.70. The number of alkyl halides is 2. The zero-order chi connectivity index (χ0) is 21.7. The summed E-state index contributed by atoms with van der Waals surface area (Å²) in [5.74, 6) is -2.55. The average molecular weight is 422 g/mol. The Morgan fingerprint density at radius 1 is 1.20 bits per heavy atom. The normalized spacial score (nSPS) is 30.5. The fourth-order valence-electron chi connectivity index (χ4n) is 3.88. The van der Waals surface area contributed by atoms with Gasteiger partial charge in [0, 0.05) is 17.7 Å². The number of nitrogens with zero attached hydrogens (tertiary/aromatic N) is 2. The molecule has 0 saturated carbocycles. The number of hydrogen-bond acceptors (Lipinski definition) is 5. The maximum absolute atomic E-state index is 15.8. The van der Waals surface area contributed by atoms with Crippen LogP contribution in [-0.2, 0) is 10.3 Å². The van der Waals surface area contributed by atoms with Crippen molar-refractivity contribution in [3.05, 3.63) is 59.4 Å². The van der Waals surface area contributed by atoms with Gasteiger partial charge >= 0.3 is 0 Å². The second kappa shape index (κ2) is 6.76. The summed E-state index contributed by atoms with van der Waals surface area (Å²) in [4.78, 5) is 20.0. The van der Waals surface area contributed by atoms with Crippen molar-refractivity contribution in [2.75, 3.05) is 18.5 Å². The molecule has 6 nitrogen and oxygen atoms in total. The number of anilines is 1. The van der Waals surface area contributed by atoms with Gasteiger partial charge in [0.05, 0.1) is 19.4 Å². The molecule has 30 heavy (non-hydrogen) atoms. The highest BCUT2D eigenvalue weighted by molar-refractivity contribution is 6.02. The number of benzene rings is 1. The third-order valence-corrected chi connectivity index (χ3v) is 5.47. The Morgan fingerprint density at radius 2 is 1.97 bits per heavy atom. The standard InChI is InChI=1S/C20H18F4N4O2/c1-18(23)8-19(24)9-30-10-20(19,28-17(18)25)13-6-12(3-4-14(13)22)27-16(29)15-5-2-11(21)7-26-15/h2-7H,8-10H2,1H3,(H2,25,28)(H,27,29)/t18-,19-,20+/m0/s1. The number of amidine groups is 1. The molecular formula is C20H18F4N4O2. The van der Waals surface area contributed by atoms with Gasteiger partial charge in [-0.3, -0.25) is 9.79 Å². The summed E-state index contributed by atoms with van der Waals surface area (Å²) >= 11 is 0. The highest BCUT2D eigenvalue weighted by Gasteiger charge is 2.65. The number of carbonyl (C=O) groups excluding carboxylic acids is 1.